The van der Waals surface area contributed by atoms with Crippen LogP contribution >= 0.6 is 0 Å². The van der Waals surface area contributed by atoms with Gasteiger partial charge >= 0.3 is 18.3 Å². The molecule has 2 atom stereocenters. The molecule has 1 aromatic rings. The van der Waals surface area contributed by atoms with Crippen molar-refractivity contribution in [3.63, 3.8) is 0 Å². The van der Waals surface area contributed by atoms with E-state index in [-0.39, 0.29) is 26.2 Å². The molecule has 5 nitrogen and oxygen atoms in total. The summed E-state index contributed by atoms with van der Waals surface area (Å²) in [5.74, 6) is -4.61. The van der Waals surface area contributed by atoms with Crippen LogP contribution in [0, 0.1) is 5.41 Å². The minimum Gasteiger partial charge on any atom is -0.497 e. The van der Waals surface area contributed by atoms with Gasteiger partial charge in [-0.1, -0.05) is 6.07 Å². The van der Waals surface area contributed by atoms with E-state index >= 15 is 0 Å². The lowest BCUT2D eigenvalue weighted by atomic mass is 9.73. The Morgan fingerprint density at radius 3 is 2.85 bits per heavy atom. The molecule has 9 heteroatoms. The lowest BCUT2D eigenvalue weighted by Gasteiger charge is -2.36. The summed E-state index contributed by atoms with van der Waals surface area (Å²) in [6.45, 7) is -0.268. The summed E-state index contributed by atoms with van der Waals surface area (Å²) in [5.41, 5.74) is -0.635. The standard InChI is InChI=1S/C17H19F4NO4/c1-25-10-2-3-11-12-7-22(5-4-17(20,21)14(18)19)8-16(12,15(23)24)9-26-13(11)6-10/h2-3,6,12,14H,4-5,7-9H2,1H3,(H,23,24)/t12-,16-/m0/s1. The Morgan fingerprint density at radius 1 is 1.50 bits per heavy atom. The van der Waals surface area contributed by atoms with Gasteiger partial charge < -0.3 is 19.5 Å². The minimum atomic E-state index is -4.09. The van der Waals surface area contributed by atoms with Crippen molar-refractivity contribution in [3.8, 4) is 11.5 Å². The van der Waals surface area contributed by atoms with Gasteiger partial charge in [0.25, 0.3) is 0 Å². The van der Waals surface area contributed by atoms with Gasteiger partial charge in [-0.05, 0) is 6.07 Å². The van der Waals surface area contributed by atoms with Crippen LogP contribution in [0.5, 0.6) is 11.5 Å². The molecule has 1 fully saturated rings. The average Bonchev–Trinajstić information content (AvgIpc) is 3.00. The van der Waals surface area contributed by atoms with Crippen LogP contribution in [-0.2, 0) is 4.79 Å². The summed E-state index contributed by atoms with van der Waals surface area (Å²) in [7, 11) is 1.49. The van der Waals surface area contributed by atoms with Crippen LogP contribution in [0.4, 0.5) is 17.6 Å². The highest BCUT2D eigenvalue weighted by Crippen LogP contribution is 2.50. The van der Waals surface area contributed by atoms with Gasteiger partial charge in [-0.25, -0.2) is 17.6 Å². The smallest absolute Gasteiger partial charge is 0.315 e. The molecule has 3 rings (SSSR count). The summed E-state index contributed by atoms with van der Waals surface area (Å²) < 4.78 is 61.9. The third-order valence-electron chi connectivity index (χ3n) is 5.20. The van der Waals surface area contributed by atoms with E-state index in [2.05, 4.69) is 0 Å². The van der Waals surface area contributed by atoms with Crippen LogP contribution in [0.1, 0.15) is 17.9 Å². The van der Waals surface area contributed by atoms with Gasteiger partial charge in [0, 0.05) is 43.6 Å². The molecule has 0 spiro atoms. The molecule has 1 aromatic carbocycles. The van der Waals surface area contributed by atoms with Crippen molar-refractivity contribution in [2.45, 2.75) is 24.7 Å². The van der Waals surface area contributed by atoms with Gasteiger partial charge in [-0.15, -0.1) is 0 Å². The van der Waals surface area contributed by atoms with Crippen LogP contribution in [0.2, 0.25) is 0 Å². The number of benzene rings is 1. The Labute approximate surface area is 147 Å². The van der Waals surface area contributed by atoms with Crippen molar-refractivity contribution < 1.29 is 36.9 Å². The molecule has 0 bridgehead atoms. The maximum Gasteiger partial charge on any atom is 0.315 e. The molecule has 0 aromatic heterocycles. The molecule has 1 N–H and O–H groups in total. The molecule has 1 saturated heterocycles. The number of likely N-dealkylation sites (tertiary alicyclic amines) is 1. The number of carboxylic acids is 1. The Balaban J connectivity index is 1.83. The van der Waals surface area contributed by atoms with Gasteiger partial charge in [0.2, 0.25) is 0 Å². The number of nitrogens with zero attached hydrogens (tertiary/aromatic N) is 1. The fraction of sp³-hybridized carbons (Fsp3) is 0.588. The third kappa shape index (κ3) is 3.08. The summed E-state index contributed by atoms with van der Waals surface area (Å²) in [5, 5.41) is 9.76. The summed E-state index contributed by atoms with van der Waals surface area (Å²) in [6.07, 6.45) is -4.76. The number of alkyl halides is 4. The molecule has 0 unspecified atom stereocenters. The molecule has 0 radical (unpaired) electrons. The Kier molecular flexibility index (Phi) is 4.76. The van der Waals surface area contributed by atoms with E-state index in [1.807, 2.05) is 0 Å². The van der Waals surface area contributed by atoms with Crippen LogP contribution in [0.3, 0.4) is 0 Å². The minimum absolute atomic E-state index is 0.0300. The monoisotopic (exact) mass is 377 g/mol. The normalized spacial score (nSPS) is 25.5. The fourth-order valence-electron chi connectivity index (χ4n) is 3.68. The summed E-state index contributed by atoms with van der Waals surface area (Å²) in [6, 6.07) is 5.02. The first-order chi connectivity index (χ1) is 12.2. The largest absolute Gasteiger partial charge is 0.497 e. The van der Waals surface area contributed by atoms with Crippen LogP contribution in [-0.4, -0.2) is 61.7 Å². The molecular weight excluding hydrogens is 358 g/mol. The van der Waals surface area contributed by atoms with Crippen molar-refractivity contribution in [2.75, 3.05) is 33.4 Å². The summed E-state index contributed by atoms with van der Waals surface area (Å²) >= 11 is 0. The zero-order valence-electron chi connectivity index (χ0n) is 14.1. The predicted octanol–water partition coefficient (Wildman–Crippen LogP) is 2.85. The van der Waals surface area contributed by atoms with E-state index in [0.717, 1.165) is 0 Å². The Morgan fingerprint density at radius 2 is 2.23 bits per heavy atom. The lowest BCUT2D eigenvalue weighted by molar-refractivity contribution is -0.152. The second-order valence-electron chi connectivity index (χ2n) is 6.75. The first-order valence-corrected chi connectivity index (χ1v) is 8.12. The van der Waals surface area contributed by atoms with Gasteiger partial charge in [-0.2, -0.15) is 0 Å². The first kappa shape index (κ1) is 18.8. The molecule has 0 aliphatic carbocycles. The number of hydrogen-bond donors (Lipinski definition) is 1. The highest BCUT2D eigenvalue weighted by atomic mass is 19.3. The van der Waals surface area contributed by atoms with Crippen LogP contribution < -0.4 is 9.47 Å². The van der Waals surface area contributed by atoms with E-state index in [4.69, 9.17) is 9.47 Å². The van der Waals surface area contributed by atoms with Crippen LogP contribution in [0.15, 0.2) is 18.2 Å². The number of carboxylic acid groups (broad SMARTS) is 1. The van der Waals surface area contributed by atoms with Crippen molar-refractivity contribution in [2.24, 2.45) is 5.41 Å². The maximum absolute atomic E-state index is 13.2. The topological polar surface area (TPSA) is 59.0 Å². The van der Waals surface area contributed by atoms with E-state index in [1.54, 1.807) is 18.2 Å². The first-order valence-electron chi connectivity index (χ1n) is 8.12. The molecule has 0 saturated carbocycles. The SMILES string of the molecule is COc1ccc2c(c1)OC[C@@]1(C(=O)O)CN(CCC(F)(F)C(F)F)C[C@@H]21. The van der Waals surface area contributed by atoms with E-state index < -0.39 is 36.1 Å². The number of fused-ring (bicyclic) bond motifs is 3. The lowest BCUT2D eigenvalue weighted by Crippen LogP contribution is -2.45. The number of aliphatic carboxylic acids is 1. The zero-order chi connectivity index (χ0) is 19.1. The van der Waals surface area contributed by atoms with E-state index in [9.17, 15) is 27.5 Å². The van der Waals surface area contributed by atoms with Crippen molar-refractivity contribution >= 4 is 5.97 Å². The summed E-state index contributed by atoms with van der Waals surface area (Å²) in [4.78, 5) is 13.4. The Bertz CT molecular complexity index is 699. The number of halogens is 4. The van der Waals surface area contributed by atoms with Gasteiger partial charge in [0.1, 0.15) is 23.5 Å². The number of rotatable bonds is 6. The molecule has 2 aliphatic heterocycles. The molecule has 2 heterocycles. The van der Waals surface area contributed by atoms with Gasteiger partial charge in [0.15, 0.2) is 0 Å². The molecule has 144 valence electrons. The molecular formula is C17H19F4NO4. The van der Waals surface area contributed by atoms with Gasteiger partial charge in [-0.3, -0.25) is 4.79 Å². The number of hydrogen-bond acceptors (Lipinski definition) is 4. The fourth-order valence-corrected chi connectivity index (χ4v) is 3.68. The number of ether oxygens (including phenoxy) is 2. The second kappa shape index (κ2) is 6.61. The Hall–Kier alpha value is -2.03. The maximum atomic E-state index is 13.2. The van der Waals surface area contributed by atoms with Crippen molar-refractivity contribution in [3.05, 3.63) is 23.8 Å². The number of methoxy groups -OCH3 is 1. The van der Waals surface area contributed by atoms with E-state index in [1.165, 1.54) is 12.0 Å². The predicted molar refractivity (Wildman–Crippen MR) is 83.3 cm³/mol. The van der Waals surface area contributed by atoms with Crippen molar-refractivity contribution in [1.82, 2.24) is 4.90 Å². The highest BCUT2D eigenvalue weighted by Gasteiger charge is 2.56. The molecule has 2 aliphatic rings. The molecule has 26 heavy (non-hydrogen) atoms. The average molecular weight is 377 g/mol. The quantitative estimate of drug-likeness (QED) is 0.773. The molecule has 0 amide bonds. The van der Waals surface area contributed by atoms with Crippen molar-refractivity contribution in [1.29, 1.82) is 0 Å². The van der Waals surface area contributed by atoms with E-state index in [0.29, 0.717) is 17.1 Å². The number of carbonyl (C=O) groups is 1. The third-order valence-corrected chi connectivity index (χ3v) is 5.20. The highest BCUT2D eigenvalue weighted by molar-refractivity contribution is 5.78. The second-order valence-corrected chi connectivity index (χ2v) is 6.75. The zero-order valence-corrected chi connectivity index (χ0v) is 14.1. The van der Waals surface area contributed by atoms with Crippen LogP contribution in [0.25, 0.3) is 0 Å². The van der Waals surface area contributed by atoms with Gasteiger partial charge in [0.05, 0.1) is 7.11 Å².